The molecule has 0 saturated carbocycles. The number of anilines is 1. The Hall–Kier alpha value is -1.22. The zero-order valence-corrected chi connectivity index (χ0v) is 11.7. The van der Waals surface area contributed by atoms with E-state index in [1.807, 2.05) is 6.92 Å². The molecule has 0 aliphatic carbocycles. The van der Waals surface area contributed by atoms with E-state index in [0.717, 1.165) is 6.42 Å². The standard InChI is InChI=1S/C14H20ClNO2/c1-8(2)7-9(3)12(14(17)18)10-5-4-6-11(15)13(10)16/h4-6,8-9,12H,7,16H2,1-3H3,(H,17,18). The third kappa shape index (κ3) is 3.39. The van der Waals surface area contributed by atoms with E-state index in [1.165, 1.54) is 0 Å². The summed E-state index contributed by atoms with van der Waals surface area (Å²) in [6.45, 7) is 6.10. The smallest absolute Gasteiger partial charge is 0.311 e. The second-order valence-corrected chi connectivity index (χ2v) is 5.57. The number of para-hydroxylation sites is 1. The van der Waals surface area contributed by atoms with E-state index in [-0.39, 0.29) is 5.92 Å². The minimum atomic E-state index is -0.850. The van der Waals surface area contributed by atoms with Crippen LogP contribution in [0.5, 0.6) is 0 Å². The zero-order chi connectivity index (χ0) is 13.9. The third-order valence-electron chi connectivity index (χ3n) is 3.10. The number of carboxylic acid groups (broad SMARTS) is 1. The van der Waals surface area contributed by atoms with Gasteiger partial charge >= 0.3 is 5.97 Å². The molecule has 0 aliphatic heterocycles. The predicted molar refractivity (Wildman–Crippen MR) is 74.9 cm³/mol. The van der Waals surface area contributed by atoms with E-state index in [0.29, 0.717) is 22.2 Å². The van der Waals surface area contributed by atoms with Crippen LogP contribution in [-0.2, 0) is 4.79 Å². The van der Waals surface area contributed by atoms with Crippen LogP contribution in [0.15, 0.2) is 18.2 Å². The largest absolute Gasteiger partial charge is 0.481 e. The van der Waals surface area contributed by atoms with E-state index in [1.54, 1.807) is 18.2 Å². The first-order valence-electron chi connectivity index (χ1n) is 6.11. The first kappa shape index (κ1) is 14.8. The highest BCUT2D eigenvalue weighted by Gasteiger charge is 2.29. The highest BCUT2D eigenvalue weighted by molar-refractivity contribution is 6.33. The molecule has 0 aliphatic rings. The monoisotopic (exact) mass is 269 g/mol. The topological polar surface area (TPSA) is 63.3 Å². The summed E-state index contributed by atoms with van der Waals surface area (Å²) in [5.74, 6) is -0.992. The molecule has 0 bridgehead atoms. The SMILES string of the molecule is CC(C)CC(C)C(C(=O)O)c1cccc(Cl)c1N. The third-order valence-corrected chi connectivity index (χ3v) is 3.43. The van der Waals surface area contributed by atoms with Gasteiger partial charge in [0.25, 0.3) is 0 Å². The molecule has 0 fully saturated rings. The summed E-state index contributed by atoms with van der Waals surface area (Å²) >= 11 is 5.96. The quantitative estimate of drug-likeness (QED) is 0.800. The summed E-state index contributed by atoms with van der Waals surface area (Å²) < 4.78 is 0. The summed E-state index contributed by atoms with van der Waals surface area (Å²) in [5, 5.41) is 9.84. The van der Waals surface area contributed by atoms with Crippen molar-refractivity contribution in [3.63, 3.8) is 0 Å². The maximum atomic E-state index is 11.5. The number of rotatable bonds is 5. The number of aliphatic carboxylic acids is 1. The van der Waals surface area contributed by atoms with Crippen molar-refractivity contribution in [2.24, 2.45) is 11.8 Å². The Bertz CT molecular complexity index is 432. The number of benzene rings is 1. The Morgan fingerprint density at radius 3 is 2.50 bits per heavy atom. The van der Waals surface area contributed by atoms with Crippen molar-refractivity contribution >= 4 is 23.3 Å². The molecule has 0 amide bonds. The number of nitrogen functional groups attached to an aromatic ring is 1. The maximum absolute atomic E-state index is 11.5. The lowest BCUT2D eigenvalue weighted by Crippen LogP contribution is -2.22. The molecule has 0 aromatic heterocycles. The van der Waals surface area contributed by atoms with Gasteiger partial charge in [-0.05, 0) is 29.9 Å². The van der Waals surface area contributed by atoms with E-state index in [2.05, 4.69) is 13.8 Å². The second kappa shape index (κ2) is 6.10. The van der Waals surface area contributed by atoms with Gasteiger partial charge in [0.1, 0.15) is 0 Å². The van der Waals surface area contributed by atoms with Gasteiger partial charge in [0, 0.05) is 0 Å². The van der Waals surface area contributed by atoms with Crippen LogP contribution in [0, 0.1) is 11.8 Å². The highest BCUT2D eigenvalue weighted by atomic mass is 35.5. The molecule has 0 spiro atoms. The summed E-state index contributed by atoms with van der Waals surface area (Å²) in [4.78, 5) is 11.5. The first-order valence-corrected chi connectivity index (χ1v) is 6.49. The molecule has 3 N–H and O–H groups in total. The van der Waals surface area contributed by atoms with Crippen molar-refractivity contribution in [3.05, 3.63) is 28.8 Å². The summed E-state index contributed by atoms with van der Waals surface area (Å²) in [5.41, 5.74) is 6.89. The normalized spacial score (nSPS) is 14.5. The van der Waals surface area contributed by atoms with E-state index in [4.69, 9.17) is 17.3 Å². The number of nitrogens with two attached hydrogens (primary N) is 1. The van der Waals surface area contributed by atoms with Gasteiger partial charge < -0.3 is 10.8 Å². The molecule has 18 heavy (non-hydrogen) atoms. The molecule has 4 heteroatoms. The number of carboxylic acids is 1. The maximum Gasteiger partial charge on any atom is 0.311 e. The average Bonchev–Trinajstić information content (AvgIpc) is 2.23. The van der Waals surface area contributed by atoms with Gasteiger partial charge in [-0.1, -0.05) is 44.5 Å². The fourth-order valence-electron chi connectivity index (χ4n) is 2.39. The summed E-state index contributed by atoms with van der Waals surface area (Å²) in [7, 11) is 0. The van der Waals surface area contributed by atoms with Crippen LogP contribution in [0.3, 0.4) is 0 Å². The molecule has 2 unspecified atom stereocenters. The van der Waals surface area contributed by atoms with E-state index < -0.39 is 11.9 Å². The lowest BCUT2D eigenvalue weighted by atomic mass is 9.82. The van der Waals surface area contributed by atoms with Gasteiger partial charge in [0.05, 0.1) is 16.6 Å². The van der Waals surface area contributed by atoms with Crippen molar-refractivity contribution in [1.29, 1.82) is 0 Å². The minimum absolute atomic E-state index is 0.0169. The molecule has 1 aromatic carbocycles. The Labute approximate surface area is 113 Å². The van der Waals surface area contributed by atoms with Crippen molar-refractivity contribution in [1.82, 2.24) is 0 Å². The summed E-state index contributed by atoms with van der Waals surface area (Å²) in [6.07, 6.45) is 0.836. The molecule has 3 nitrogen and oxygen atoms in total. The Kier molecular flexibility index (Phi) is 5.03. The lowest BCUT2D eigenvalue weighted by molar-refractivity contribution is -0.140. The minimum Gasteiger partial charge on any atom is -0.481 e. The molecule has 1 aromatic rings. The van der Waals surface area contributed by atoms with Crippen molar-refractivity contribution in [3.8, 4) is 0 Å². The van der Waals surface area contributed by atoms with Gasteiger partial charge in [0.15, 0.2) is 0 Å². The average molecular weight is 270 g/mol. The Morgan fingerprint density at radius 1 is 1.39 bits per heavy atom. The van der Waals surface area contributed by atoms with E-state index >= 15 is 0 Å². The van der Waals surface area contributed by atoms with Gasteiger partial charge in [-0.2, -0.15) is 0 Å². The predicted octanol–water partition coefficient (Wildman–Crippen LogP) is 3.77. The molecule has 1 rings (SSSR count). The van der Waals surface area contributed by atoms with Crippen molar-refractivity contribution in [2.75, 3.05) is 5.73 Å². The molecule has 0 radical (unpaired) electrons. The van der Waals surface area contributed by atoms with Crippen LogP contribution < -0.4 is 5.73 Å². The second-order valence-electron chi connectivity index (χ2n) is 5.17. The van der Waals surface area contributed by atoms with Crippen molar-refractivity contribution in [2.45, 2.75) is 33.1 Å². The van der Waals surface area contributed by atoms with Crippen LogP contribution in [0.4, 0.5) is 5.69 Å². The Morgan fingerprint density at radius 2 is 2.00 bits per heavy atom. The molecule has 100 valence electrons. The lowest BCUT2D eigenvalue weighted by Gasteiger charge is -2.23. The number of carbonyl (C=O) groups is 1. The molecular formula is C14H20ClNO2. The molecule has 2 atom stereocenters. The molecule has 0 heterocycles. The first-order chi connectivity index (χ1) is 8.34. The Balaban J connectivity index is 3.12. The van der Waals surface area contributed by atoms with E-state index in [9.17, 15) is 9.90 Å². The van der Waals surface area contributed by atoms with Gasteiger partial charge in [-0.25, -0.2) is 0 Å². The fraction of sp³-hybridized carbons (Fsp3) is 0.500. The van der Waals surface area contributed by atoms with Gasteiger partial charge in [-0.15, -0.1) is 0 Å². The van der Waals surface area contributed by atoms with Crippen LogP contribution in [0.1, 0.15) is 38.7 Å². The zero-order valence-electron chi connectivity index (χ0n) is 11.0. The summed E-state index contributed by atoms with van der Waals surface area (Å²) in [6, 6.07) is 5.16. The van der Waals surface area contributed by atoms with Crippen molar-refractivity contribution < 1.29 is 9.90 Å². The number of hydrogen-bond donors (Lipinski definition) is 2. The van der Waals surface area contributed by atoms with Crippen LogP contribution in [-0.4, -0.2) is 11.1 Å². The fourth-order valence-corrected chi connectivity index (χ4v) is 2.57. The van der Waals surface area contributed by atoms with Crippen LogP contribution >= 0.6 is 11.6 Å². The molecular weight excluding hydrogens is 250 g/mol. The number of halogens is 1. The van der Waals surface area contributed by atoms with Gasteiger partial charge in [0.2, 0.25) is 0 Å². The van der Waals surface area contributed by atoms with Gasteiger partial charge in [-0.3, -0.25) is 4.79 Å². The molecule has 0 saturated heterocycles. The van der Waals surface area contributed by atoms with Crippen LogP contribution in [0.25, 0.3) is 0 Å². The highest BCUT2D eigenvalue weighted by Crippen LogP contribution is 2.35. The number of hydrogen-bond acceptors (Lipinski definition) is 2. The van der Waals surface area contributed by atoms with Crippen LogP contribution in [0.2, 0.25) is 5.02 Å².